The van der Waals surface area contributed by atoms with Crippen LogP contribution in [-0.4, -0.2) is 50.1 Å². The van der Waals surface area contributed by atoms with Gasteiger partial charge in [0.15, 0.2) is 0 Å². The maximum absolute atomic E-state index is 13.0. The maximum Gasteiger partial charge on any atom is 0.264 e. The summed E-state index contributed by atoms with van der Waals surface area (Å²) in [5.41, 5.74) is 0.421. The molecule has 0 radical (unpaired) electrons. The maximum atomic E-state index is 13.0. The van der Waals surface area contributed by atoms with Crippen molar-refractivity contribution in [1.82, 2.24) is 14.3 Å². The zero-order valence-electron chi connectivity index (χ0n) is 18.4. The second-order valence-electron chi connectivity index (χ2n) is 7.77. The van der Waals surface area contributed by atoms with E-state index in [0.717, 1.165) is 19.3 Å². The van der Waals surface area contributed by atoms with E-state index < -0.39 is 26.0 Å². The summed E-state index contributed by atoms with van der Waals surface area (Å²) in [6.45, 7) is 0.825. The molecule has 1 aliphatic heterocycles. The fourth-order valence-electron chi connectivity index (χ4n) is 3.54. The number of hydrogen-bond acceptors (Lipinski definition) is 7. The van der Waals surface area contributed by atoms with Gasteiger partial charge >= 0.3 is 0 Å². The number of aromatic nitrogens is 2. The molecule has 0 saturated carbocycles. The lowest BCUT2D eigenvalue weighted by molar-refractivity contribution is 0.102. The van der Waals surface area contributed by atoms with Crippen LogP contribution in [0.2, 0.25) is 5.02 Å². The van der Waals surface area contributed by atoms with E-state index in [-0.39, 0.29) is 26.3 Å². The van der Waals surface area contributed by atoms with Gasteiger partial charge in [-0.05, 0) is 61.4 Å². The zero-order chi connectivity index (χ0) is 25.1. The first-order valence-corrected chi connectivity index (χ1v) is 14.0. The highest BCUT2D eigenvalue weighted by atomic mass is 35.5. The number of carbonyl (C=O) groups excluding carboxylic acids is 1. The topological polar surface area (TPSA) is 138 Å². The van der Waals surface area contributed by atoms with Crippen LogP contribution in [0.1, 0.15) is 29.6 Å². The van der Waals surface area contributed by atoms with Crippen LogP contribution in [0.15, 0.2) is 70.7 Å². The minimum atomic E-state index is -3.92. The number of nitrogens with zero attached hydrogens (tertiary/aromatic N) is 3. The Labute approximate surface area is 208 Å². The van der Waals surface area contributed by atoms with E-state index in [1.807, 2.05) is 0 Å². The molecule has 4 rings (SSSR count). The van der Waals surface area contributed by atoms with Crippen molar-refractivity contribution in [1.29, 1.82) is 0 Å². The highest BCUT2D eigenvalue weighted by Gasteiger charge is 2.29. The van der Waals surface area contributed by atoms with Crippen molar-refractivity contribution in [3.05, 3.63) is 71.5 Å². The number of piperidine rings is 1. The molecule has 1 aromatic heterocycles. The minimum absolute atomic E-state index is 0.0385. The van der Waals surface area contributed by atoms with Crippen molar-refractivity contribution in [3.8, 4) is 0 Å². The largest absolute Gasteiger partial charge is 0.322 e. The molecule has 1 aliphatic rings. The van der Waals surface area contributed by atoms with Crippen LogP contribution in [0.25, 0.3) is 0 Å². The molecule has 10 nitrogen and oxygen atoms in total. The Hall–Kier alpha value is -3.06. The van der Waals surface area contributed by atoms with E-state index in [1.54, 1.807) is 6.07 Å². The highest BCUT2D eigenvalue weighted by Crippen LogP contribution is 2.28. The summed E-state index contributed by atoms with van der Waals surface area (Å²) in [5.74, 6) is -0.633. The van der Waals surface area contributed by atoms with Crippen LogP contribution in [-0.2, 0) is 20.0 Å². The molecule has 13 heteroatoms. The van der Waals surface area contributed by atoms with E-state index in [9.17, 15) is 21.6 Å². The molecule has 3 aromatic rings. The number of halogens is 1. The summed E-state index contributed by atoms with van der Waals surface area (Å²) < 4.78 is 54.7. The van der Waals surface area contributed by atoms with Crippen LogP contribution in [0.3, 0.4) is 0 Å². The van der Waals surface area contributed by atoms with E-state index in [2.05, 4.69) is 20.0 Å². The predicted molar refractivity (Wildman–Crippen MR) is 131 cm³/mol. The third-order valence-corrected chi connectivity index (χ3v) is 9.06. The van der Waals surface area contributed by atoms with Crippen LogP contribution < -0.4 is 10.0 Å². The fraction of sp³-hybridized carbons (Fsp3) is 0.227. The molecule has 0 spiro atoms. The minimum Gasteiger partial charge on any atom is -0.322 e. The number of amides is 1. The Kier molecular flexibility index (Phi) is 7.36. The molecule has 0 atom stereocenters. The van der Waals surface area contributed by atoms with Crippen LogP contribution >= 0.6 is 11.6 Å². The lowest BCUT2D eigenvalue weighted by Gasteiger charge is -2.26. The van der Waals surface area contributed by atoms with Gasteiger partial charge in [-0.3, -0.25) is 4.79 Å². The molecule has 35 heavy (non-hydrogen) atoms. The Morgan fingerprint density at radius 3 is 2.23 bits per heavy atom. The van der Waals surface area contributed by atoms with E-state index >= 15 is 0 Å². The molecule has 2 aromatic carbocycles. The second kappa shape index (κ2) is 10.3. The molecule has 1 fully saturated rings. The number of benzene rings is 2. The van der Waals surface area contributed by atoms with Crippen molar-refractivity contribution in [2.75, 3.05) is 23.1 Å². The first kappa shape index (κ1) is 25.0. The van der Waals surface area contributed by atoms with Crippen LogP contribution in [0, 0.1) is 0 Å². The van der Waals surface area contributed by atoms with E-state index in [1.165, 1.54) is 59.2 Å². The van der Waals surface area contributed by atoms with E-state index in [4.69, 9.17) is 11.6 Å². The molecule has 1 amide bonds. The van der Waals surface area contributed by atoms with Gasteiger partial charge in [0.25, 0.3) is 15.9 Å². The van der Waals surface area contributed by atoms with Gasteiger partial charge in [-0.2, -0.15) is 4.31 Å². The van der Waals surface area contributed by atoms with Gasteiger partial charge in [-0.1, -0.05) is 18.0 Å². The predicted octanol–water partition coefficient (Wildman–Crippen LogP) is 3.36. The molecular weight excluding hydrogens is 514 g/mol. The van der Waals surface area contributed by atoms with Gasteiger partial charge in [0.1, 0.15) is 4.90 Å². The Bertz CT molecular complexity index is 1430. The number of carbonyl (C=O) groups is 1. The van der Waals surface area contributed by atoms with Gasteiger partial charge in [0.2, 0.25) is 16.0 Å². The summed E-state index contributed by atoms with van der Waals surface area (Å²) in [6, 6.07) is 11.1. The summed E-state index contributed by atoms with van der Waals surface area (Å²) in [4.78, 5) is 20.3. The number of rotatable bonds is 7. The number of hydrogen-bond donors (Lipinski definition) is 2. The third-order valence-electron chi connectivity index (χ3n) is 5.34. The lowest BCUT2D eigenvalue weighted by atomic mass is 10.2. The molecule has 0 unspecified atom stereocenters. The van der Waals surface area contributed by atoms with Crippen molar-refractivity contribution >= 4 is 49.2 Å². The van der Waals surface area contributed by atoms with Gasteiger partial charge in [0.05, 0.1) is 9.92 Å². The Balaban J connectivity index is 1.50. The van der Waals surface area contributed by atoms with Gasteiger partial charge in [0, 0.05) is 36.7 Å². The molecular formula is C22H22ClN5O5S2. The van der Waals surface area contributed by atoms with Gasteiger partial charge in [-0.25, -0.2) is 31.5 Å². The Morgan fingerprint density at radius 2 is 1.57 bits per heavy atom. The lowest BCUT2D eigenvalue weighted by Crippen LogP contribution is -2.35. The molecule has 0 bridgehead atoms. The molecule has 1 saturated heterocycles. The summed E-state index contributed by atoms with van der Waals surface area (Å²) in [7, 11) is -7.75. The number of nitrogens with one attached hydrogen (secondary N) is 2. The van der Waals surface area contributed by atoms with E-state index in [0.29, 0.717) is 18.8 Å². The zero-order valence-corrected chi connectivity index (χ0v) is 20.8. The smallest absolute Gasteiger partial charge is 0.264 e. The van der Waals surface area contributed by atoms with Crippen molar-refractivity contribution in [2.24, 2.45) is 0 Å². The van der Waals surface area contributed by atoms with Crippen LogP contribution in [0.5, 0.6) is 0 Å². The fourth-order valence-corrected chi connectivity index (χ4v) is 6.51. The normalized spacial score (nSPS) is 14.9. The van der Waals surface area contributed by atoms with Gasteiger partial charge < -0.3 is 5.32 Å². The molecule has 2 heterocycles. The highest BCUT2D eigenvalue weighted by molar-refractivity contribution is 7.92. The second-order valence-corrected chi connectivity index (χ2v) is 11.8. The monoisotopic (exact) mass is 535 g/mol. The van der Waals surface area contributed by atoms with Gasteiger partial charge in [-0.15, -0.1) is 0 Å². The summed E-state index contributed by atoms with van der Waals surface area (Å²) >= 11 is 6.17. The summed E-state index contributed by atoms with van der Waals surface area (Å²) in [5, 5.41) is 2.67. The first-order valence-electron chi connectivity index (χ1n) is 10.7. The molecule has 184 valence electrons. The molecule has 2 N–H and O–H groups in total. The van der Waals surface area contributed by atoms with Crippen molar-refractivity contribution < 1.29 is 21.6 Å². The average Bonchev–Trinajstić information content (AvgIpc) is 2.85. The number of sulfonamides is 2. The quantitative estimate of drug-likeness (QED) is 0.473. The van der Waals surface area contributed by atoms with Crippen molar-refractivity contribution in [2.45, 2.75) is 29.1 Å². The standard InChI is InChI=1S/C22H22ClN5O5S2/c23-19-10-5-16(15-20(19)35(32,33)28-13-2-1-3-14-28)21(29)26-17-6-8-18(9-7-17)34(30,31)27-22-24-11-4-12-25-22/h4-12,15H,1-3,13-14H2,(H,26,29)(H,24,25,27). The number of anilines is 2. The third kappa shape index (κ3) is 5.78. The average molecular weight is 536 g/mol. The Morgan fingerprint density at radius 1 is 0.914 bits per heavy atom. The first-order chi connectivity index (χ1) is 16.7. The summed E-state index contributed by atoms with van der Waals surface area (Å²) in [6.07, 6.45) is 5.33. The SMILES string of the molecule is O=C(Nc1ccc(S(=O)(=O)Nc2ncccn2)cc1)c1ccc(Cl)c(S(=O)(=O)N2CCCCC2)c1. The van der Waals surface area contributed by atoms with Crippen molar-refractivity contribution in [3.63, 3.8) is 0 Å². The van der Waals surface area contributed by atoms with Crippen LogP contribution in [0.4, 0.5) is 11.6 Å². The molecule has 0 aliphatic carbocycles.